The van der Waals surface area contributed by atoms with Crippen LogP contribution in [0.15, 0.2) is 168 Å². The second kappa shape index (κ2) is 10.6. The van der Waals surface area contributed by atoms with E-state index in [1.165, 1.54) is 44.5 Å². The highest BCUT2D eigenvalue weighted by atomic mass is 16.3. The van der Waals surface area contributed by atoms with Crippen LogP contribution in [0, 0.1) is 0 Å². The molecule has 1 aliphatic rings. The minimum Gasteiger partial charge on any atom is -0.455 e. The van der Waals surface area contributed by atoms with Crippen LogP contribution in [0.1, 0.15) is 25.0 Å². The average Bonchev–Trinajstić information content (AvgIpc) is 3.61. The van der Waals surface area contributed by atoms with Crippen LogP contribution in [0.5, 0.6) is 0 Å². The Hall–Kier alpha value is -5.86. The van der Waals surface area contributed by atoms with Crippen LogP contribution in [0.25, 0.3) is 55.3 Å². The van der Waals surface area contributed by atoms with Crippen LogP contribution in [0.3, 0.4) is 0 Å². The fraction of sp³-hybridized carbons (Fsp3) is 0.0667. The molecular weight excluding hydrogens is 571 g/mol. The Labute approximate surface area is 275 Å². The summed E-state index contributed by atoms with van der Waals surface area (Å²) in [7, 11) is 0. The number of anilines is 3. The molecule has 8 aromatic rings. The van der Waals surface area contributed by atoms with Gasteiger partial charge in [0.15, 0.2) is 0 Å². The van der Waals surface area contributed by atoms with Gasteiger partial charge in [-0.25, -0.2) is 0 Å². The Morgan fingerprint density at radius 3 is 1.83 bits per heavy atom. The van der Waals surface area contributed by atoms with Crippen molar-refractivity contribution in [1.82, 2.24) is 0 Å². The summed E-state index contributed by atoms with van der Waals surface area (Å²) in [5.74, 6) is 0. The molecular formula is C45H33NO. The second-order valence-corrected chi connectivity index (χ2v) is 13.0. The number of fused-ring (bicyclic) bond motifs is 7. The molecule has 47 heavy (non-hydrogen) atoms. The van der Waals surface area contributed by atoms with Gasteiger partial charge in [-0.15, -0.1) is 0 Å². The van der Waals surface area contributed by atoms with E-state index in [0.717, 1.165) is 39.0 Å². The minimum atomic E-state index is -0.0727. The van der Waals surface area contributed by atoms with E-state index in [1.54, 1.807) is 0 Å². The van der Waals surface area contributed by atoms with Gasteiger partial charge >= 0.3 is 0 Å². The molecule has 0 atom stereocenters. The lowest BCUT2D eigenvalue weighted by molar-refractivity contribution is 0.653. The predicted octanol–water partition coefficient (Wildman–Crippen LogP) is 12.7. The molecule has 1 aromatic heterocycles. The van der Waals surface area contributed by atoms with E-state index >= 15 is 0 Å². The quantitative estimate of drug-likeness (QED) is 0.195. The van der Waals surface area contributed by atoms with E-state index in [4.69, 9.17) is 4.42 Å². The Bertz CT molecular complexity index is 2420. The maximum Gasteiger partial charge on any atom is 0.143 e. The molecule has 0 amide bonds. The Morgan fingerprint density at radius 1 is 0.447 bits per heavy atom. The molecule has 0 fully saturated rings. The first-order chi connectivity index (χ1) is 23.1. The molecule has 0 saturated heterocycles. The third kappa shape index (κ3) is 4.40. The summed E-state index contributed by atoms with van der Waals surface area (Å²) in [5, 5.41) is 2.26. The van der Waals surface area contributed by atoms with Crippen molar-refractivity contribution in [2.75, 3.05) is 4.90 Å². The normalized spacial score (nSPS) is 13.1. The van der Waals surface area contributed by atoms with Crippen LogP contribution in [0.2, 0.25) is 0 Å². The summed E-state index contributed by atoms with van der Waals surface area (Å²) in [6.45, 7) is 4.63. The van der Waals surface area contributed by atoms with Crippen molar-refractivity contribution >= 4 is 39.0 Å². The molecule has 0 radical (unpaired) electrons. The summed E-state index contributed by atoms with van der Waals surface area (Å²) in [5.41, 5.74) is 15.0. The maximum atomic E-state index is 6.71. The average molecular weight is 604 g/mol. The van der Waals surface area contributed by atoms with Crippen molar-refractivity contribution in [2.24, 2.45) is 0 Å². The van der Waals surface area contributed by atoms with E-state index in [1.807, 2.05) is 0 Å². The van der Waals surface area contributed by atoms with Gasteiger partial charge in [0.05, 0.1) is 0 Å². The van der Waals surface area contributed by atoms with Crippen molar-refractivity contribution in [3.05, 3.63) is 175 Å². The number of hydrogen-bond donors (Lipinski definition) is 0. The zero-order chi connectivity index (χ0) is 31.5. The van der Waals surface area contributed by atoms with Crippen molar-refractivity contribution in [3.8, 4) is 33.4 Å². The molecule has 2 nitrogen and oxygen atoms in total. The van der Waals surface area contributed by atoms with Gasteiger partial charge in [0.2, 0.25) is 0 Å². The highest BCUT2D eigenvalue weighted by molar-refractivity contribution is 6.12. The highest BCUT2D eigenvalue weighted by Gasteiger charge is 2.37. The number of benzene rings is 7. The van der Waals surface area contributed by atoms with E-state index in [2.05, 4.69) is 183 Å². The molecule has 0 unspecified atom stereocenters. The molecule has 224 valence electrons. The lowest BCUT2D eigenvalue weighted by Gasteiger charge is -2.26. The molecule has 9 rings (SSSR count). The molecule has 0 aliphatic heterocycles. The SMILES string of the molecule is CC1(C)c2ccccc2-c2c1ccc1c2oc2ccc(N(c3ccc(-c4ccccc4)cc3)c3cccc(-c4ccccc4)c3)cc21. The molecule has 7 aromatic carbocycles. The summed E-state index contributed by atoms with van der Waals surface area (Å²) < 4.78 is 6.71. The number of rotatable bonds is 5. The molecule has 1 heterocycles. The monoisotopic (exact) mass is 603 g/mol. The van der Waals surface area contributed by atoms with Crippen LogP contribution < -0.4 is 4.90 Å². The first-order valence-corrected chi connectivity index (χ1v) is 16.3. The van der Waals surface area contributed by atoms with Gasteiger partial charge in [0, 0.05) is 38.8 Å². The standard InChI is InChI=1S/C45H33NO/c1-45(2)40-19-10-9-18-38(40)43-41(45)26-25-37-39-29-36(24-27-42(39)47-44(37)43)46(34-22-20-32(21-23-34)30-12-5-3-6-13-30)35-17-11-16-33(28-35)31-14-7-4-8-15-31/h3-29H,1-2H3. The number of furan rings is 1. The predicted molar refractivity (Wildman–Crippen MR) is 197 cm³/mol. The number of nitrogens with zero attached hydrogens (tertiary/aromatic N) is 1. The third-order valence-electron chi connectivity index (χ3n) is 9.87. The summed E-state index contributed by atoms with van der Waals surface area (Å²) >= 11 is 0. The fourth-order valence-electron chi connectivity index (χ4n) is 7.48. The van der Waals surface area contributed by atoms with Crippen LogP contribution in [-0.2, 0) is 5.41 Å². The van der Waals surface area contributed by atoms with Crippen molar-refractivity contribution in [3.63, 3.8) is 0 Å². The third-order valence-corrected chi connectivity index (χ3v) is 9.87. The van der Waals surface area contributed by atoms with Gasteiger partial charge < -0.3 is 9.32 Å². The van der Waals surface area contributed by atoms with Gasteiger partial charge in [-0.3, -0.25) is 0 Å². The molecule has 1 aliphatic carbocycles. The highest BCUT2D eigenvalue weighted by Crippen LogP contribution is 2.52. The zero-order valence-corrected chi connectivity index (χ0v) is 26.4. The lowest BCUT2D eigenvalue weighted by Crippen LogP contribution is -2.14. The minimum absolute atomic E-state index is 0.0727. The van der Waals surface area contributed by atoms with Gasteiger partial charge in [0.1, 0.15) is 11.2 Å². The molecule has 0 N–H and O–H groups in total. The van der Waals surface area contributed by atoms with Gasteiger partial charge in [-0.1, -0.05) is 135 Å². The van der Waals surface area contributed by atoms with Crippen molar-refractivity contribution in [2.45, 2.75) is 19.3 Å². The van der Waals surface area contributed by atoms with E-state index in [9.17, 15) is 0 Å². The van der Waals surface area contributed by atoms with Crippen LogP contribution in [-0.4, -0.2) is 0 Å². The topological polar surface area (TPSA) is 16.4 Å². The van der Waals surface area contributed by atoms with E-state index in [-0.39, 0.29) is 5.41 Å². The lowest BCUT2D eigenvalue weighted by atomic mass is 9.82. The number of hydrogen-bond acceptors (Lipinski definition) is 2. The van der Waals surface area contributed by atoms with Gasteiger partial charge in [0.25, 0.3) is 0 Å². The van der Waals surface area contributed by atoms with E-state index < -0.39 is 0 Å². The largest absolute Gasteiger partial charge is 0.455 e. The summed E-state index contributed by atoms with van der Waals surface area (Å²) in [6.07, 6.45) is 0. The summed E-state index contributed by atoms with van der Waals surface area (Å²) in [4.78, 5) is 2.35. The van der Waals surface area contributed by atoms with Crippen molar-refractivity contribution < 1.29 is 4.42 Å². The van der Waals surface area contributed by atoms with Gasteiger partial charge in [-0.05, 0) is 81.4 Å². The first kappa shape index (κ1) is 27.5. The zero-order valence-electron chi connectivity index (χ0n) is 26.4. The fourth-order valence-corrected chi connectivity index (χ4v) is 7.48. The second-order valence-electron chi connectivity index (χ2n) is 13.0. The van der Waals surface area contributed by atoms with Crippen LogP contribution >= 0.6 is 0 Å². The first-order valence-electron chi connectivity index (χ1n) is 16.3. The van der Waals surface area contributed by atoms with E-state index in [0.29, 0.717) is 0 Å². The van der Waals surface area contributed by atoms with Gasteiger partial charge in [-0.2, -0.15) is 0 Å². The van der Waals surface area contributed by atoms with Crippen molar-refractivity contribution in [1.29, 1.82) is 0 Å². The summed E-state index contributed by atoms with van der Waals surface area (Å²) in [6, 6.07) is 58.8. The Morgan fingerprint density at radius 2 is 1.06 bits per heavy atom. The Kier molecular flexibility index (Phi) is 6.20. The smallest absolute Gasteiger partial charge is 0.143 e. The molecule has 2 heteroatoms. The molecule has 0 spiro atoms. The van der Waals surface area contributed by atoms with Crippen LogP contribution in [0.4, 0.5) is 17.1 Å². The maximum absolute atomic E-state index is 6.71. The molecule has 0 saturated carbocycles. The Balaban J connectivity index is 1.22. The molecule has 0 bridgehead atoms.